The molecule has 3 heterocycles. The van der Waals surface area contributed by atoms with Crippen LogP contribution >= 0.6 is 0 Å². The Morgan fingerprint density at radius 2 is 2.14 bits per heavy atom. The zero-order valence-corrected chi connectivity index (χ0v) is 12.9. The van der Waals surface area contributed by atoms with E-state index < -0.39 is 0 Å². The van der Waals surface area contributed by atoms with Crippen molar-refractivity contribution in [3.8, 4) is 0 Å². The molecule has 0 spiro atoms. The predicted molar refractivity (Wildman–Crippen MR) is 83.3 cm³/mol. The van der Waals surface area contributed by atoms with Crippen molar-refractivity contribution in [3.05, 3.63) is 20.8 Å². The molecule has 1 aliphatic rings. The van der Waals surface area contributed by atoms with Crippen LogP contribution in [0.5, 0.6) is 0 Å². The lowest BCUT2D eigenvalue weighted by Crippen LogP contribution is -2.39. The monoisotopic (exact) mass is 307 g/mol. The summed E-state index contributed by atoms with van der Waals surface area (Å²) in [5.41, 5.74) is 0.291. The highest BCUT2D eigenvalue weighted by atomic mass is 16.3. The Balaban J connectivity index is 2.00. The van der Waals surface area contributed by atoms with E-state index in [0.717, 1.165) is 13.0 Å². The molecule has 0 bridgehead atoms. The lowest BCUT2D eigenvalue weighted by atomic mass is 10.2. The van der Waals surface area contributed by atoms with Crippen LogP contribution in [0.1, 0.15) is 26.2 Å². The number of aromatic nitrogens is 4. The van der Waals surface area contributed by atoms with Crippen LogP contribution in [0.25, 0.3) is 11.2 Å². The summed E-state index contributed by atoms with van der Waals surface area (Å²) in [4.78, 5) is 29.4. The number of hydrogen-bond donors (Lipinski definition) is 2. The fourth-order valence-corrected chi connectivity index (χ4v) is 2.91. The van der Waals surface area contributed by atoms with Gasteiger partial charge >= 0.3 is 5.69 Å². The average Bonchev–Trinajstić information content (AvgIpc) is 3.04. The van der Waals surface area contributed by atoms with E-state index in [9.17, 15) is 14.7 Å². The van der Waals surface area contributed by atoms with Crippen molar-refractivity contribution in [2.45, 2.75) is 45.4 Å². The van der Waals surface area contributed by atoms with Crippen molar-refractivity contribution in [1.82, 2.24) is 18.7 Å². The molecule has 0 fully saturated rings. The number of unbranched alkanes of at least 4 members (excludes halogenated alkanes) is 1. The lowest BCUT2D eigenvalue weighted by Gasteiger charge is -2.09. The van der Waals surface area contributed by atoms with Gasteiger partial charge in [-0.05, 0) is 26.2 Å². The van der Waals surface area contributed by atoms with Gasteiger partial charge in [-0.25, -0.2) is 4.79 Å². The fourth-order valence-electron chi connectivity index (χ4n) is 2.91. The van der Waals surface area contributed by atoms with E-state index in [0.29, 0.717) is 43.0 Å². The summed E-state index contributed by atoms with van der Waals surface area (Å²) < 4.78 is 4.54. The van der Waals surface area contributed by atoms with Crippen molar-refractivity contribution in [2.24, 2.45) is 7.05 Å². The van der Waals surface area contributed by atoms with Crippen LogP contribution in [0.2, 0.25) is 0 Å². The zero-order chi connectivity index (χ0) is 15.9. The molecule has 2 aromatic rings. The standard InChI is InChI=1S/C14H21N5O3/c1-9(20)5-3-4-7-19-12(21)10-11(17(2)14(19)22)16-13-15-6-8-18(10)13/h9,20H,3-8H2,1-2H3,(H,15,16). The second kappa shape index (κ2) is 5.60. The second-order valence-corrected chi connectivity index (χ2v) is 5.83. The molecule has 0 saturated heterocycles. The highest BCUT2D eigenvalue weighted by Crippen LogP contribution is 2.18. The Morgan fingerprint density at radius 3 is 2.86 bits per heavy atom. The first-order chi connectivity index (χ1) is 10.5. The van der Waals surface area contributed by atoms with E-state index in [1.807, 2.05) is 4.57 Å². The molecule has 1 unspecified atom stereocenters. The minimum absolute atomic E-state index is 0.280. The van der Waals surface area contributed by atoms with E-state index in [-0.39, 0.29) is 17.4 Å². The van der Waals surface area contributed by atoms with E-state index in [4.69, 9.17) is 0 Å². The van der Waals surface area contributed by atoms with Crippen LogP contribution in [-0.4, -0.2) is 36.4 Å². The quantitative estimate of drug-likeness (QED) is 0.751. The van der Waals surface area contributed by atoms with Crippen molar-refractivity contribution in [2.75, 3.05) is 11.9 Å². The Bertz CT molecular complexity index is 814. The lowest BCUT2D eigenvalue weighted by molar-refractivity contribution is 0.180. The van der Waals surface area contributed by atoms with Gasteiger partial charge in [-0.1, -0.05) is 0 Å². The second-order valence-electron chi connectivity index (χ2n) is 5.83. The molecule has 120 valence electrons. The molecule has 8 nitrogen and oxygen atoms in total. The number of nitrogens with one attached hydrogen (secondary N) is 1. The van der Waals surface area contributed by atoms with Crippen LogP contribution in [-0.2, 0) is 20.1 Å². The van der Waals surface area contributed by atoms with E-state index in [1.54, 1.807) is 14.0 Å². The molecule has 2 aromatic heterocycles. The third kappa shape index (κ3) is 2.33. The van der Waals surface area contributed by atoms with Crippen LogP contribution in [0.3, 0.4) is 0 Å². The van der Waals surface area contributed by atoms with Crippen molar-refractivity contribution < 1.29 is 5.11 Å². The number of aliphatic hydroxyl groups is 1. The minimum Gasteiger partial charge on any atom is -0.393 e. The van der Waals surface area contributed by atoms with Gasteiger partial charge < -0.3 is 15.0 Å². The first-order valence-electron chi connectivity index (χ1n) is 7.62. The molecular formula is C14H21N5O3. The van der Waals surface area contributed by atoms with E-state index in [1.165, 1.54) is 9.13 Å². The zero-order valence-electron chi connectivity index (χ0n) is 12.9. The maximum atomic E-state index is 12.7. The van der Waals surface area contributed by atoms with E-state index >= 15 is 0 Å². The van der Waals surface area contributed by atoms with Crippen molar-refractivity contribution in [3.63, 3.8) is 0 Å². The Kier molecular flexibility index (Phi) is 3.78. The van der Waals surface area contributed by atoms with Crippen LogP contribution < -0.4 is 16.6 Å². The van der Waals surface area contributed by atoms with Gasteiger partial charge in [0.2, 0.25) is 5.95 Å². The molecule has 0 aromatic carbocycles. The first-order valence-corrected chi connectivity index (χ1v) is 7.62. The van der Waals surface area contributed by atoms with Gasteiger partial charge in [-0.15, -0.1) is 0 Å². The number of anilines is 1. The topological polar surface area (TPSA) is 94.1 Å². The molecule has 0 aliphatic carbocycles. The Labute approximate surface area is 127 Å². The summed E-state index contributed by atoms with van der Waals surface area (Å²) >= 11 is 0. The number of hydrogen-bond acceptors (Lipinski definition) is 5. The van der Waals surface area contributed by atoms with Crippen molar-refractivity contribution in [1.29, 1.82) is 0 Å². The molecule has 8 heteroatoms. The maximum Gasteiger partial charge on any atom is 0.332 e. The van der Waals surface area contributed by atoms with Gasteiger partial charge in [0.15, 0.2) is 11.2 Å². The average molecular weight is 307 g/mol. The third-order valence-electron chi connectivity index (χ3n) is 4.10. The van der Waals surface area contributed by atoms with Gasteiger partial charge in [0, 0.05) is 26.7 Å². The number of rotatable bonds is 5. The maximum absolute atomic E-state index is 12.7. The van der Waals surface area contributed by atoms with Crippen molar-refractivity contribution >= 4 is 17.1 Å². The molecule has 0 radical (unpaired) electrons. The van der Waals surface area contributed by atoms with Gasteiger partial charge in [-0.2, -0.15) is 4.98 Å². The van der Waals surface area contributed by atoms with Gasteiger partial charge in [-0.3, -0.25) is 13.9 Å². The fraction of sp³-hybridized carbons (Fsp3) is 0.643. The molecule has 22 heavy (non-hydrogen) atoms. The highest BCUT2D eigenvalue weighted by Gasteiger charge is 2.22. The summed E-state index contributed by atoms with van der Waals surface area (Å²) in [6.45, 7) is 3.53. The summed E-state index contributed by atoms with van der Waals surface area (Å²) in [6, 6.07) is 0. The highest BCUT2D eigenvalue weighted by molar-refractivity contribution is 5.74. The SMILES string of the molecule is CC(O)CCCCn1c(=O)c2c(nc3n2CCN3)n(C)c1=O. The van der Waals surface area contributed by atoms with Crippen LogP contribution in [0, 0.1) is 0 Å². The smallest absolute Gasteiger partial charge is 0.332 e. The molecule has 0 amide bonds. The summed E-state index contributed by atoms with van der Waals surface area (Å²) in [5, 5.41) is 12.4. The number of fused-ring (bicyclic) bond motifs is 3. The van der Waals surface area contributed by atoms with Crippen LogP contribution in [0.15, 0.2) is 9.59 Å². The number of imidazole rings is 1. The molecule has 1 aliphatic heterocycles. The summed E-state index contributed by atoms with van der Waals surface area (Å²) in [6.07, 6.45) is 1.78. The van der Waals surface area contributed by atoms with Gasteiger partial charge in [0.05, 0.1) is 6.10 Å². The molecule has 1 atom stereocenters. The molecule has 3 rings (SSSR count). The van der Waals surface area contributed by atoms with Gasteiger partial charge in [0.25, 0.3) is 5.56 Å². The van der Waals surface area contributed by atoms with Gasteiger partial charge in [0.1, 0.15) is 0 Å². The molecular weight excluding hydrogens is 286 g/mol. The Morgan fingerprint density at radius 1 is 1.36 bits per heavy atom. The minimum atomic E-state index is -0.355. The first kappa shape index (κ1) is 14.8. The summed E-state index contributed by atoms with van der Waals surface area (Å²) in [7, 11) is 1.64. The number of aryl methyl sites for hydroxylation is 1. The third-order valence-corrected chi connectivity index (χ3v) is 4.10. The van der Waals surface area contributed by atoms with Crippen LogP contribution in [0.4, 0.5) is 5.95 Å². The predicted octanol–water partition coefficient (Wildman–Crippen LogP) is -0.127. The molecule has 0 saturated carbocycles. The number of nitrogens with zero attached hydrogens (tertiary/aromatic N) is 4. The number of aliphatic hydroxyl groups excluding tert-OH is 1. The normalized spacial score (nSPS) is 15.0. The molecule has 2 N–H and O–H groups in total. The Hall–Kier alpha value is -2.09. The largest absolute Gasteiger partial charge is 0.393 e. The summed E-state index contributed by atoms with van der Waals surface area (Å²) in [5.74, 6) is 0.647. The van der Waals surface area contributed by atoms with E-state index in [2.05, 4.69) is 10.3 Å².